The van der Waals surface area contributed by atoms with E-state index < -0.39 is 0 Å². The molecule has 0 bridgehead atoms. The highest BCUT2D eigenvalue weighted by molar-refractivity contribution is 5.83. The Morgan fingerprint density at radius 2 is 1.52 bits per heavy atom. The molecule has 0 saturated carbocycles. The summed E-state index contributed by atoms with van der Waals surface area (Å²) in [6.45, 7) is 3.24. The van der Waals surface area contributed by atoms with E-state index in [4.69, 9.17) is 0 Å². The second-order valence-electron chi connectivity index (χ2n) is 6.99. The van der Waals surface area contributed by atoms with E-state index in [1.807, 2.05) is 25.1 Å². The van der Waals surface area contributed by atoms with Gasteiger partial charge in [-0.2, -0.15) is 0 Å². The molecule has 148 valence electrons. The molecule has 3 N–H and O–H groups in total. The van der Waals surface area contributed by atoms with E-state index in [1.54, 1.807) is 12.1 Å². The molecule has 0 aliphatic rings. The summed E-state index contributed by atoms with van der Waals surface area (Å²) in [4.78, 5) is 12.2. The Balaban J connectivity index is 1.33. The Labute approximate surface area is 169 Å². The molecule has 0 saturated heterocycles. The molecule has 4 aromatic rings. The minimum absolute atomic E-state index is 0.173. The summed E-state index contributed by atoms with van der Waals surface area (Å²) < 4.78 is 13.7. The van der Waals surface area contributed by atoms with Gasteiger partial charge in [-0.25, -0.2) is 14.4 Å². The van der Waals surface area contributed by atoms with E-state index in [0.29, 0.717) is 24.4 Å². The number of nitrogens with zero attached hydrogens (tertiary/aromatic N) is 2. The van der Waals surface area contributed by atoms with Crippen molar-refractivity contribution in [2.45, 2.75) is 19.8 Å². The SMILES string of the molecule is Cc1nc(NCCc2ccccc2F)cc(NCCc2c[nH]c3ccccc23)n1. The summed E-state index contributed by atoms with van der Waals surface area (Å²) in [7, 11) is 0. The molecule has 0 fully saturated rings. The van der Waals surface area contributed by atoms with Crippen molar-refractivity contribution in [3.05, 3.63) is 83.6 Å². The normalized spacial score (nSPS) is 11.0. The summed E-state index contributed by atoms with van der Waals surface area (Å²) in [5, 5.41) is 7.90. The number of benzene rings is 2. The predicted octanol–water partition coefficient (Wildman–Crippen LogP) is 4.71. The van der Waals surface area contributed by atoms with Crippen molar-refractivity contribution in [3.63, 3.8) is 0 Å². The Bertz CT molecular complexity index is 1110. The predicted molar refractivity (Wildman–Crippen MR) is 116 cm³/mol. The second kappa shape index (κ2) is 8.73. The van der Waals surface area contributed by atoms with Crippen LogP contribution in [-0.4, -0.2) is 28.0 Å². The monoisotopic (exact) mass is 389 g/mol. The van der Waals surface area contributed by atoms with Crippen LogP contribution < -0.4 is 10.6 Å². The van der Waals surface area contributed by atoms with Gasteiger partial charge in [0, 0.05) is 36.3 Å². The maximum absolute atomic E-state index is 13.7. The van der Waals surface area contributed by atoms with Crippen LogP contribution in [0, 0.1) is 12.7 Å². The number of hydrogen-bond donors (Lipinski definition) is 3. The van der Waals surface area contributed by atoms with Crippen LogP contribution in [0.2, 0.25) is 0 Å². The molecule has 0 spiro atoms. The smallest absolute Gasteiger partial charge is 0.131 e. The molecule has 6 heteroatoms. The molecule has 0 aliphatic carbocycles. The fourth-order valence-corrected chi connectivity index (χ4v) is 3.44. The van der Waals surface area contributed by atoms with Crippen molar-refractivity contribution in [3.8, 4) is 0 Å². The zero-order valence-corrected chi connectivity index (χ0v) is 16.4. The molecular weight excluding hydrogens is 365 g/mol. The van der Waals surface area contributed by atoms with Crippen LogP contribution in [0.3, 0.4) is 0 Å². The van der Waals surface area contributed by atoms with E-state index in [-0.39, 0.29) is 5.82 Å². The van der Waals surface area contributed by atoms with Crippen molar-refractivity contribution < 1.29 is 4.39 Å². The van der Waals surface area contributed by atoms with Crippen LogP contribution in [0.15, 0.2) is 60.8 Å². The van der Waals surface area contributed by atoms with Crippen LogP contribution in [0.5, 0.6) is 0 Å². The maximum atomic E-state index is 13.7. The number of para-hydroxylation sites is 1. The second-order valence-corrected chi connectivity index (χ2v) is 6.99. The van der Waals surface area contributed by atoms with Gasteiger partial charge in [0.1, 0.15) is 23.3 Å². The summed E-state index contributed by atoms with van der Waals surface area (Å²) in [6.07, 6.45) is 3.55. The van der Waals surface area contributed by atoms with Crippen LogP contribution in [0.1, 0.15) is 17.0 Å². The fourth-order valence-electron chi connectivity index (χ4n) is 3.44. The standard InChI is InChI=1S/C23H24FN5/c1-16-28-22(25-12-10-17-6-2-4-8-20(17)24)14-23(29-16)26-13-11-18-15-27-21-9-5-3-7-19(18)21/h2-9,14-15,27H,10-13H2,1H3,(H2,25,26,28,29). The van der Waals surface area contributed by atoms with Gasteiger partial charge in [0.2, 0.25) is 0 Å². The van der Waals surface area contributed by atoms with Gasteiger partial charge in [-0.3, -0.25) is 0 Å². The highest BCUT2D eigenvalue weighted by Gasteiger charge is 2.05. The third-order valence-corrected chi connectivity index (χ3v) is 4.87. The number of aromatic nitrogens is 3. The molecule has 5 nitrogen and oxygen atoms in total. The van der Waals surface area contributed by atoms with Gasteiger partial charge in [0.25, 0.3) is 0 Å². The molecule has 2 aromatic heterocycles. The van der Waals surface area contributed by atoms with Gasteiger partial charge in [-0.05, 0) is 43.0 Å². The Morgan fingerprint density at radius 1 is 0.862 bits per heavy atom. The van der Waals surface area contributed by atoms with Gasteiger partial charge in [-0.1, -0.05) is 36.4 Å². The van der Waals surface area contributed by atoms with Crippen LogP contribution in [0.4, 0.5) is 16.0 Å². The number of H-pyrrole nitrogens is 1. The summed E-state index contributed by atoms with van der Waals surface area (Å²) >= 11 is 0. The van der Waals surface area contributed by atoms with Gasteiger partial charge in [0.05, 0.1) is 0 Å². The van der Waals surface area contributed by atoms with Crippen molar-refractivity contribution >= 4 is 22.5 Å². The van der Waals surface area contributed by atoms with Gasteiger partial charge in [-0.15, -0.1) is 0 Å². The van der Waals surface area contributed by atoms with Crippen molar-refractivity contribution in [2.24, 2.45) is 0 Å². The molecule has 0 radical (unpaired) electrons. The average molecular weight is 389 g/mol. The lowest BCUT2D eigenvalue weighted by Crippen LogP contribution is -2.11. The Kier molecular flexibility index (Phi) is 5.70. The largest absolute Gasteiger partial charge is 0.370 e. The molecule has 0 unspecified atom stereocenters. The third-order valence-electron chi connectivity index (χ3n) is 4.87. The van der Waals surface area contributed by atoms with E-state index >= 15 is 0 Å². The van der Waals surface area contributed by atoms with Crippen LogP contribution in [-0.2, 0) is 12.8 Å². The number of halogens is 1. The first-order chi connectivity index (χ1) is 14.2. The number of nitrogens with one attached hydrogen (secondary N) is 3. The number of hydrogen-bond acceptors (Lipinski definition) is 4. The van der Waals surface area contributed by atoms with Crippen molar-refractivity contribution in [1.29, 1.82) is 0 Å². The minimum Gasteiger partial charge on any atom is -0.370 e. The summed E-state index contributed by atoms with van der Waals surface area (Å²) in [6, 6.07) is 17.0. The van der Waals surface area contributed by atoms with E-state index in [2.05, 4.69) is 50.0 Å². The number of fused-ring (bicyclic) bond motifs is 1. The van der Waals surface area contributed by atoms with Gasteiger partial charge >= 0.3 is 0 Å². The molecule has 2 aromatic carbocycles. The van der Waals surface area contributed by atoms with E-state index in [0.717, 1.165) is 30.1 Å². The lowest BCUT2D eigenvalue weighted by atomic mass is 10.1. The fraction of sp³-hybridized carbons (Fsp3) is 0.217. The molecule has 2 heterocycles. The highest BCUT2D eigenvalue weighted by atomic mass is 19.1. The van der Waals surface area contributed by atoms with Crippen molar-refractivity contribution in [2.75, 3.05) is 23.7 Å². The van der Waals surface area contributed by atoms with E-state index in [9.17, 15) is 4.39 Å². The lowest BCUT2D eigenvalue weighted by Gasteiger charge is -2.10. The van der Waals surface area contributed by atoms with Gasteiger partial charge < -0.3 is 15.6 Å². The number of aromatic amines is 1. The molecule has 0 aliphatic heterocycles. The zero-order valence-electron chi connectivity index (χ0n) is 16.4. The Morgan fingerprint density at radius 3 is 2.28 bits per heavy atom. The first-order valence-corrected chi connectivity index (χ1v) is 9.81. The zero-order chi connectivity index (χ0) is 20.1. The van der Waals surface area contributed by atoms with Crippen LogP contribution in [0.25, 0.3) is 10.9 Å². The van der Waals surface area contributed by atoms with Gasteiger partial charge in [0.15, 0.2) is 0 Å². The topological polar surface area (TPSA) is 65.6 Å². The maximum Gasteiger partial charge on any atom is 0.131 e. The third kappa shape index (κ3) is 4.71. The number of rotatable bonds is 8. The molecule has 0 atom stereocenters. The van der Waals surface area contributed by atoms with Crippen LogP contribution >= 0.6 is 0 Å². The minimum atomic E-state index is -0.173. The Hall–Kier alpha value is -3.41. The first kappa shape index (κ1) is 18.9. The summed E-state index contributed by atoms with van der Waals surface area (Å²) in [5.41, 5.74) is 3.13. The molecule has 29 heavy (non-hydrogen) atoms. The number of anilines is 2. The quantitative estimate of drug-likeness (QED) is 0.408. The summed E-state index contributed by atoms with van der Waals surface area (Å²) in [5.74, 6) is 2.04. The number of aryl methyl sites for hydroxylation is 1. The lowest BCUT2D eigenvalue weighted by molar-refractivity contribution is 0.610. The average Bonchev–Trinajstić information content (AvgIpc) is 3.12. The molecule has 4 rings (SSSR count). The van der Waals surface area contributed by atoms with E-state index in [1.165, 1.54) is 17.0 Å². The molecule has 0 amide bonds. The molecular formula is C23H24FN5. The first-order valence-electron chi connectivity index (χ1n) is 9.81. The van der Waals surface area contributed by atoms with Crippen molar-refractivity contribution in [1.82, 2.24) is 15.0 Å². The highest BCUT2D eigenvalue weighted by Crippen LogP contribution is 2.18.